The number of hydrogen-bond donors (Lipinski definition) is 2. The van der Waals surface area contributed by atoms with E-state index in [1.54, 1.807) is 12.1 Å². The number of amides is 1. The van der Waals surface area contributed by atoms with Crippen molar-refractivity contribution in [2.75, 3.05) is 22.9 Å². The Bertz CT molecular complexity index is 613. The zero-order valence-electron chi connectivity index (χ0n) is 10.7. The lowest BCUT2D eigenvalue weighted by molar-refractivity contribution is -0.117. The van der Waals surface area contributed by atoms with E-state index in [-0.39, 0.29) is 24.0 Å². The van der Waals surface area contributed by atoms with E-state index in [1.807, 2.05) is 13.0 Å². The van der Waals surface area contributed by atoms with Gasteiger partial charge < -0.3 is 10.6 Å². The number of nitrogens with zero attached hydrogens (tertiary/aromatic N) is 1. The average molecular weight is 283 g/mol. The second-order valence-corrected chi connectivity index (χ2v) is 6.63. The van der Waals surface area contributed by atoms with Crippen LogP contribution in [-0.4, -0.2) is 26.6 Å². The lowest BCUT2D eigenvalue weighted by atomic mass is 10.1. The Morgan fingerprint density at radius 3 is 2.68 bits per heavy atom. The minimum atomic E-state index is -3.56. The summed E-state index contributed by atoms with van der Waals surface area (Å²) in [6.45, 7) is 2.25. The van der Waals surface area contributed by atoms with Crippen molar-refractivity contribution in [3.63, 3.8) is 0 Å². The standard InChI is InChI=1S/C12H17N3O3S/c1-8-2-3-11(10(13)4-8)15-6-9(5-12(15)16)7-19(14,17)18/h2-4,9H,5-7,13H2,1H3,(H2,14,17,18). The molecule has 2 rings (SSSR count). The van der Waals surface area contributed by atoms with Gasteiger partial charge in [-0.25, -0.2) is 13.6 Å². The van der Waals surface area contributed by atoms with Gasteiger partial charge in [0.1, 0.15) is 0 Å². The minimum absolute atomic E-state index is 0.121. The molecule has 1 fully saturated rings. The van der Waals surface area contributed by atoms with Crippen LogP contribution < -0.4 is 15.8 Å². The molecule has 6 nitrogen and oxygen atoms in total. The van der Waals surface area contributed by atoms with Crippen LogP contribution in [0.5, 0.6) is 0 Å². The van der Waals surface area contributed by atoms with Gasteiger partial charge in [0.15, 0.2) is 0 Å². The molecule has 0 aromatic heterocycles. The van der Waals surface area contributed by atoms with Gasteiger partial charge >= 0.3 is 0 Å². The molecule has 1 atom stereocenters. The van der Waals surface area contributed by atoms with E-state index in [0.29, 0.717) is 17.9 Å². The van der Waals surface area contributed by atoms with Gasteiger partial charge in [-0.15, -0.1) is 0 Å². The van der Waals surface area contributed by atoms with Gasteiger partial charge in [-0.1, -0.05) is 6.07 Å². The van der Waals surface area contributed by atoms with Crippen molar-refractivity contribution in [3.05, 3.63) is 23.8 Å². The molecule has 1 aromatic carbocycles. The number of rotatable bonds is 3. The van der Waals surface area contributed by atoms with Crippen molar-refractivity contribution in [3.8, 4) is 0 Å². The molecule has 1 aliphatic rings. The van der Waals surface area contributed by atoms with Crippen LogP contribution in [0, 0.1) is 12.8 Å². The number of anilines is 2. The fourth-order valence-corrected chi connectivity index (χ4v) is 3.25. The number of sulfonamides is 1. The summed E-state index contributed by atoms with van der Waals surface area (Å²) >= 11 is 0. The van der Waals surface area contributed by atoms with E-state index in [9.17, 15) is 13.2 Å². The molecular weight excluding hydrogens is 266 g/mol. The van der Waals surface area contributed by atoms with Crippen molar-refractivity contribution in [1.82, 2.24) is 0 Å². The Morgan fingerprint density at radius 2 is 2.11 bits per heavy atom. The van der Waals surface area contributed by atoms with Crippen molar-refractivity contribution in [2.45, 2.75) is 13.3 Å². The first-order valence-corrected chi connectivity index (χ1v) is 7.65. The van der Waals surface area contributed by atoms with Gasteiger partial charge in [0.2, 0.25) is 15.9 Å². The van der Waals surface area contributed by atoms with Gasteiger partial charge in [-0.05, 0) is 24.6 Å². The Morgan fingerprint density at radius 1 is 1.42 bits per heavy atom. The molecule has 0 aliphatic carbocycles. The number of benzene rings is 1. The third kappa shape index (κ3) is 3.24. The molecule has 104 valence electrons. The van der Waals surface area contributed by atoms with E-state index in [0.717, 1.165) is 5.56 Å². The zero-order valence-corrected chi connectivity index (χ0v) is 11.5. The number of primary sulfonamides is 1. The van der Waals surface area contributed by atoms with Crippen molar-refractivity contribution >= 4 is 27.3 Å². The number of nitrogens with two attached hydrogens (primary N) is 2. The van der Waals surface area contributed by atoms with Gasteiger partial charge in [-0.3, -0.25) is 4.79 Å². The Hall–Kier alpha value is -1.60. The van der Waals surface area contributed by atoms with Crippen LogP contribution in [0.15, 0.2) is 18.2 Å². The van der Waals surface area contributed by atoms with E-state index in [1.165, 1.54) is 4.90 Å². The van der Waals surface area contributed by atoms with Crippen molar-refractivity contribution < 1.29 is 13.2 Å². The monoisotopic (exact) mass is 283 g/mol. The molecule has 0 bridgehead atoms. The molecule has 1 aromatic rings. The summed E-state index contributed by atoms with van der Waals surface area (Å²) in [6, 6.07) is 5.43. The molecular formula is C12H17N3O3S. The normalized spacial score (nSPS) is 20.0. The molecule has 0 spiro atoms. The first-order valence-electron chi connectivity index (χ1n) is 5.93. The molecule has 0 radical (unpaired) electrons. The predicted molar refractivity (Wildman–Crippen MR) is 74.0 cm³/mol. The molecule has 1 unspecified atom stereocenters. The maximum Gasteiger partial charge on any atom is 0.227 e. The van der Waals surface area contributed by atoms with Crippen LogP contribution in [0.25, 0.3) is 0 Å². The van der Waals surface area contributed by atoms with E-state index in [2.05, 4.69) is 0 Å². The Kier molecular flexibility index (Phi) is 3.51. The molecule has 7 heteroatoms. The first-order chi connectivity index (χ1) is 8.76. The molecule has 19 heavy (non-hydrogen) atoms. The summed E-state index contributed by atoms with van der Waals surface area (Å²) in [4.78, 5) is 13.5. The average Bonchev–Trinajstić information content (AvgIpc) is 2.56. The summed E-state index contributed by atoms with van der Waals surface area (Å²) in [5.41, 5.74) is 8.06. The maximum absolute atomic E-state index is 11.9. The molecule has 1 aliphatic heterocycles. The lowest BCUT2D eigenvalue weighted by Crippen LogP contribution is -2.28. The number of hydrogen-bond acceptors (Lipinski definition) is 4. The second-order valence-electron chi connectivity index (χ2n) is 4.97. The fraction of sp³-hybridized carbons (Fsp3) is 0.417. The molecule has 0 saturated carbocycles. The zero-order chi connectivity index (χ0) is 14.2. The number of aryl methyl sites for hydroxylation is 1. The highest BCUT2D eigenvalue weighted by atomic mass is 32.2. The van der Waals surface area contributed by atoms with Crippen LogP contribution in [0.2, 0.25) is 0 Å². The van der Waals surface area contributed by atoms with Crippen LogP contribution in [-0.2, 0) is 14.8 Å². The van der Waals surface area contributed by atoms with Gasteiger partial charge in [0, 0.05) is 18.9 Å². The van der Waals surface area contributed by atoms with Crippen LogP contribution in [0.1, 0.15) is 12.0 Å². The maximum atomic E-state index is 11.9. The van der Waals surface area contributed by atoms with E-state index >= 15 is 0 Å². The minimum Gasteiger partial charge on any atom is -0.397 e. The number of nitrogen functional groups attached to an aromatic ring is 1. The van der Waals surface area contributed by atoms with Gasteiger partial charge in [0.05, 0.1) is 17.1 Å². The van der Waals surface area contributed by atoms with Gasteiger partial charge in [0.25, 0.3) is 0 Å². The third-order valence-corrected chi connectivity index (χ3v) is 4.08. The molecule has 4 N–H and O–H groups in total. The summed E-state index contributed by atoms with van der Waals surface area (Å²) < 4.78 is 22.1. The fourth-order valence-electron chi connectivity index (χ4n) is 2.37. The summed E-state index contributed by atoms with van der Waals surface area (Å²) in [5.74, 6) is -0.575. The number of carbonyl (C=O) groups is 1. The van der Waals surface area contributed by atoms with Gasteiger partial charge in [-0.2, -0.15) is 0 Å². The Balaban J connectivity index is 2.20. The highest BCUT2D eigenvalue weighted by Gasteiger charge is 2.33. The van der Waals surface area contributed by atoms with E-state index in [4.69, 9.17) is 10.9 Å². The Labute approximate surface area is 112 Å². The predicted octanol–water partition coefficient (Wildman–Crippen LogP) is 0.219. The highest BCUT2D eigenvalue weighted by molar-refractivity contribution is 7.89. The van der Waals surface area contributed by atoms with Crippen LogP contribution in [0.3, 0.4) is 0 Å². The smallest absolute Gasteiger partial charge is 0.227 e. The van der Waals surface area contributed by atoms with Crippen LogP contribution >= 0.6 is 0 Å². The molecule has 1 heterocycles. The molecule has 1 amide bonds. The molecule has 1 saturated heterocycles. The summed E-state index contributed by atoms with van der Waals surface area (Å²) in [6.07, 6.45) is 0.184. The second kappa shape index (κ2) is 4.82. The SMILES string of the molecule is Cc1ccc(N2CC(CS(N)(=O)=O)CC2=O)c(N)c1. The van der Waals surface area contributed by atoms with Crippen LogP contribution in [0.4, 0.5) is 11.4 Å². The van der Waals surface area contributed by atoms with Crippen molar-refractivity contribution in [2.24, 2.45) is 11.1 Å². The largest absolute Gasteiger partial charge is 0.397 e. The van der Waals surface area contributed by atoms with Crippen molar-refractivity contribution in [1.29, 1.82) is 0 Å². The third-order valence-electron chi connectivity index (χ3n) is 3.15. The quantitative estimate of drug-likeness (QED) is 0.774. The number of carbonyl (C=O) groups excluding carboxylic acids is 1. The summed E-state index contributed by atoms with van der Waals surface area (Å²) in [5, 5.41) is 5.01. The van der Waals surface area contributed by atoms with E-state index < -0.39 is 10.0 Å². The topological polar surface area (TPSA) is 106 Å². The highest BCUT2D eigenvalue weighted by Crippen LogP contribution is 2.30. The lowest BCUT2D eigenvalue weighted by Gasteiger charge is -2.19. The summed E-state index contributed by atoms with van der Waals surface area (Å²) in [7, 11) is -3.56. The first kappa shape index (κ1) is 13.8.